The molecule has 0 atom stereocenters. The van der Waals surface area contributed by atoms with Gasteiger partial charge in [0.05, 0.1) is 28.7 Å². The molecule has 0 fully saturated rings. The fraction of sp³-hybridized carbons (Fsp3) is 0.263. The third kappa shape index (κ3) is 3.84. The largest absolute Gasteiger partial charge is 0.454 e. The Morgan fingerprint density at radius 2 is 1.96 bits per heavy atom. The van der Waals surface area contributed by atoms with Crippen molar-refractivity contribution in [3.63, 3.8) is 0 Å². The molecule has 0 saturated heterocycles. The summed E-state index contributed by atoms with van der Waals surface area (Å²) in [6.45, 7) is 3.41. The molecule has 0 spiro atoms. The molecule has 0 aliphatic heterocycles. The molecule has 0 radical (unpaired) electrons. The number of fused-ring (bicyclic) bond motifs is 1. The second kappa shape index (κ2) is 7.59. The van der Waals surface area contributed by atoms with Crippen molar-refractivity contribution in [3.8, 4) is 11.5 Å². The van der Waals surface area contributed by atoms with E-state index in [1.807, 2.05) is 0 Å². The minimum Gasteiger partial charge on any atom is -0.454 e. The van der Waals surface area contributed by atoms with Gasteiger partial charge in [-0.1, -0.05) is 13.0 Å². The molecule has 0 amide bonds. The van der Waals surface area contributed by atoms with E-state index in [4.69, 9.17) is 4.74 Å². The van der Waals surface area contributed by atoms with E-state index < -0.39 is 15.8 Å². The number of nitrogens with one attached hydrogen (secondary N) is 1. The van der Waals surface area contributed by atoms with Gasteiger partial charge in [0.1, 0.15) is 5.75 Å². The lowest BCUT2D eigenvalue weighted by atomic mass is 10.1. The van der Waals surface area contributed by atoms with Crippen LogP contribution in [0.1, 0.15) is 18.9 Å². The lowest BCUT2D eigenvalue weighted by molar-refractivity contribution is 0.441. The third-order valence-corrected chi connectivity index (χ3v) is 5.70. The van der Waals surface area contributed by atoms with Crippen LogP contribution in [0.25, 0.3) is 10.9 Å². The molecule has 0 saturated carbocycles. The zero-order chi connectivity index (χ0) is 20.5. The van der Waals surface area contributed by atoms with Crippen molar-refractivity contribution in [1.29, 1.82) is 0 Å². The molecular formula is C19H20FN3O4S. The first-order chi connectivity index (χ1) is 13.2. The van der Waals surface area contributed by atoms with Gasteiger partial charge in [-0.25, -0.2) is 17.8 Å². The van der Waals surface area contributed by atoms with Crippen LogP contribution >= 0.6 is 0 Å². The maximum absolute atomic E-state index is 14.8. The minimum absolute atomic E-state index is 0.113. The number of nitrogens with zero attached hydrogens (tertiary/aromatic N) is 2. The number of hydrogen-bond acceptors (Lipinski definition) is 5. The number of aryl methyl sites for hydroxylation is 2. The smallest absolute Gasteiger partial charge is 0.261 e. The fourth-order valence-corrected chi connectivity index (χ4v) is 3.95. The van der Waals surface area contributed by atoms with Crippen LogP contribution in [0.15, 0.2) is 41.5 Å². The summed E-state index contributed by atoms with van der Waals surface area (Å²) in [5.41, 5.74) is 0.591. The molecule has 3 aromatic rings. The van der Waals surface area contributed by atoms with Gasteiger partial charge in [-0.3, -0.25) is 9.52 Å². The average Bonchev–Trinajstić information content (AvgIpc) is 2.63. The molecule has 0 unspecified atom stereocenters. The van der Waals surface area contributed by atoms with Crippen molar-refractivity contribution < 1.29 is 17.5 Å². The molecule has 2 aromatic carbocycles. The Kier molecular flexibility index (Phi) is 5.37. The van der Waals surface area contributed by atoms with Crippen molar-refractivity contribution in [2.75, 3.05) is 10.5 Å². The highest BCUT2D eigenvalue weighted by Crippen LogP contribution is 2.33. The van der Waals surface area contributed by atoms with Gasteiger partial charge < -0.3 is 9.30 Å². The highest BCUT2D eigenvalue weighted by atomic mass is 32.2. The molecule has 7 nitrogen and oxygen atoms in total. The van der Waals surface area contributed by atoms with Gasteiger partial charge in [-0.2, -0.15) is 0 Å². The van der Waals surface area contributed by atoms with Crippen molar-refractivity contribution in [1.82, 2.24) is 9.55 Å². The van der Waals surface area contributed by atoms with Crippen LogP contribution in [0.5, 0.6) is 11.5 Å². The SMILES string of the molecule is CCCS(=O)(=O)Nc1cccc(Oc2ccc3ncn(C)c(=O)c3c2C)c1F. The normalized spacial score (nSPS) is 11.6. The van der Waals surface area contributed by atoms with Gasteiger partial charge in [0.15, 0.2) is 11.6 Å². The molecule has 1 aromatic heterocycles. The first-order valence-corrected chi connectivity index (χ1v) is 10.3. The first-order valence-electron chi connectivity index (χ1n) is 8.65. The van der Waals surface area contributed by atoms with Crippen LogP contribution in [-0.4, -0.2) is 23.7 Å². The molecule has 0 aliphatic rings. The number of ether oxygens (including phenoxy) is 1. The Labute approximate surface area is 161 Å². The quantitative estimate of drug-likeness (QED) is 0.679. The Balaban J connectivity index is 2.01. The van der Waals surface area contributed by atoms with E-state index in [9.17, 15) is 17.6 Å². The van der Waals surface area contributed by atoms with Crippen molar-refractivity contribution in [3.05, 3.63) is 58.4 Å². The van der Waals surface area contributed by atoms with E-state index in [1.165, 1.54) is 29.1 Å². The minimum atomic E-state index is -3.64. The van der Waals surface area contributed by atoms with Crippen LogP contribution in [0.3, 0.4) is 0 Å². The lowest BCUT2D eigenvalue weighted by Gasteiger charge is -2.14. The highest BCUT2D eigenvalue weighted by molar-refractivity contribution is 7.92. The summed E-state index contributed by atoms with van der Waals surface area (Å²) in [7, 11) is -2.05. The second-order valence-electron chi connectivity index (χ2n) is 6.38. The summed E-state index contributed by atoms with van der Waals surface area (Å²) in [6, 6.07) is 7.40. The van der Waals surface area contributed by atoms with Crippen LogP contribution in [0, 0.1) is 12.7 Å². The number of anilines is 1. The number of rotatable bonds is 6. The van der Waals surface area contributed by atoms with E-state index in [-0.39, 0.29) is 28.5 Å². The standard InChI is InChI=1S/C19H20FN3O4S/c1-4-10-28(25,26)22-14-6-5-7-16(18(14)20)27-15-9-8-13-17(12(15)2)19(24)23(3)11-21-13/h5-9,11,22H,4,10H2,1-3H3. The molecule has 1 N–H and O–H groups in total. The number of aromatic nitrogens is 2. The number of halogens is 1. The predicted octanol–water partition coefficient (Wildman–Crippen LogP) is 3.33. The number of sulfonamides is 1. The summed E-state index contributed by atoms with van der Waals surface area (Å²) in [5.74, 6) is -0.817. The highest BCUT2D eigenvalue weighted by Gasteiger charge is 2.17. The van der Waals surface area contributed by atoms with Crippen molar-refractivity contribution >= 4 is 26.6 Å². The van der Waals surface area contributed by atoms with Gasteiger partial charge in [-0.05, 0) is 37.6 Å². The summed E-state index contributed by atoms with van der Waals surface area (Å²) in [6.07, 6.45) is 1.84. The molecule has 9 heteroatoms. The predicted molar refractivity (Wildman–Crippen MR) is 106 cm³/mol. The summed E-state index contributed by atoms with van der Waals surface area (Å²) in [4.78, 5) is 16.6. The van der Waals surface area contributed by atoms with Crippen LogP contribution in [0.4, 0.5) is 10.1 Å². The van der Waals surface area contributed by atoms with Crippen LogP contribution in [-0.2, 0) is 17.1 Å². The van der Waals surface area contributed by atoms with E-state index >= 15 is 0 Å². The molecule has 148 valence electrons. The van der Waals surface area contributed by atoms with E-state index in [2.05, 4.69) is 9.71 Å². The van der Waals surface area contributed by atoms with Crippen molar-refractivity contribution in [2.24, 2.45) is 7.05 Å². The van der Waals surface area contributed by atoms with Crippen LogP contribution < -0.4 is 15.0 Å². The van der Waals surface area contributed by atoms with E-state index in [1.54, 1.807) is 33.0 Å². The summed E-state index contributed by atoms with van der Waals surface area (Å²) in [5, 5.41) is 0.378. The van der Waals surface area contributed by atoms with E-state index in [0.29, 0.717) is 22.9 Å². The Hall–Kier alpha value is -2.94. The fourth-order valence-electron chi connectivity index (χ4n) is 2.82. The van der Waals surface area contributed by atoms with Crippen LogP contribution in [0.2, 0.25) is 0 Å². The van der Waals surface area contributed by atoms with E-state index in [0.717, 1.165) is 0 Å². The topological polar surface area (TPSA) is 90.3 Å². The maximum Gasteiger partial charge on any atom is 0.261 e. The Morgan fingerprint density at radius 3 is 2.68 bits per heavy atom. The van der Waals surface area contributed by atoms with Gasteiger partial charge >= 0.3 is 0 Å². The molecule has 3 rings (SSSR count). The third-order valence-electron chi connectivity index (χ3n) is 4.22. The Morgan fingerprint density at radius 1 is 1.21 bits per heavy atom. The van der Waals surface area contributed by atoms with Crippen molar-refractivity contribution in [2.45, 2.75) is 20.3 Å². The molecule has 1 heterocycles. The molecule has 28 heavy (non-hydrogen) atoms. The number of hydrogen-bond donors (Lipinski definition) is 1. The maximum atomic E-state index is 14.8. The monoisotopic (exact) mass is 405 g/mol. The zero-order valence-electron chi connectivity index (χ0n) is 15.7. The van der Waals surface area contributed by atoms with Gasteiger partial charge in [-0.15, -0.1) is 0 Å². The average molecular weight is 405 g/mol. The molecular weight excluding hydrogens is 385 g/mol. The zero-order valence-corrected chi connectivity index (χ0v) is 16.5. The summed E-state index contributed by atoms with van der Waals surface area (Å²) < 4.78 is 47.9. The van der Waals surface area contributed by atoms with Gasteiger partial charge in [0.25, 0.3) is 5.56 Å². The first kappa shape index (κ1) is 19.8. The Bertz CT molecular complexity index is 1210. The van der Waals surface area contributed by atoms with Gasteiger partial charge in [0.2, 0.25) is 10.0 Å². The lowest BCUT2D eigenvalue weighted by Crippen LogP contribution is -2.18. The van der Waals surface area contributed by atoms with Gasteiger partial charge in [0, 0.05) is 12.6 Å². The summed E-state index contributed by atoms with van der Waals surface area (Å²) >= 11 is 0. The molecule has 0 bridgehead atoms. The molecule has 0 aliphatic carbocycles. The number of benzene rings is 2. The second-order valence-corrected chi connectivity index (χ2v) is 8.23.